The Morgan fingerprint density at radius 1 is 1.12 bits per heavy atom. The molecule has 2 aromatic rings. The van der Waals surface area contributed by atoms with E-state index in [1.165, 1.54) is 7.11 Å². The van der Waals surface area contributed by atoms with E-state index in [1.807, 2.05) is 0 Å². The number of carbonyl (C=O) groups is 1. The second-order valence-corrected chi connectivity index (χ2v) is 5.79. The van der Waals surface area contributed by atoms with Gasteiger partial charge in [0.05, 0.1) is 26.4 Å². The molecular weight excluding hydrogens is 340 g/mol. The highest BCUT2D eigenvalue weighted by atomic mass is 16.5. The van der Waals surface area contributed by atoms with Gasteiger partial charge in [0.15, 0.2) is 0 Å². The highest BCUT2D eigenvalue weighted by Gasteiger charge is 2.25. The lowest BCUT2D eigenvalue weighted by molar-refractivity contribution is 0.0689. The van der Waals surface area contributed by atoms with Crippen LogP contribution in [0.5, 0.6) is 0 Å². The number of aromatic amines is 1. The van der Waals surface area contributed by atoms with Gasteiger partial charge in [-0.25, -0.2) is 4.79 Å². The van der Waals surface area contributed by atoms with Gasteiger partial charge in [0.1, 0.15) is 5.69 Å². The summed E-state index contributed by atoms with van der Waals surface area (Å²) >= 11 is 0. The minimum Gasteiger partial charge on any atom is -0.477 e. The molecule has 0 aliphatic rings. The van der Waals surface area contributed by atoms with Gasteiger partial charge in [-0.1, -0.05) is 12.1 Å². The Balaban J connectivity index is 2.80. The van der Waals surface area contributed by atoms with Crippen LogP contribution in [0.4, 0.5) is 0 Å². The maximum Gasteiger partial charge on any atom is 0.352 e. The normalized spacial score (nSPS) is 11.1. The first-order valence-corrected chi connectivity index (χ1v) is 8.16. The Morgan fingerprint density at radius 2 is 1.81 bits per heavy atom. The lowest BCUT2D eigenvalue weighted by Gasteiger charge is -2.17. The number of rotatable bonds is 9. The third-order valence-corrected chi connectivity index (χ3v) is 4.44. The Bertz CT molecular complexity index is 784. The number of aromatic nitrogens is 1. The van der Waals surface area contributed by atoms with Gasteiger partial charge in [0, 0.05) is 24.9 Å². The van der Waals surface area contributed by atoms with Crippen molar-refractivity contribution in [2.45, 2.75) is 32.8 Å². The van der Waals surface area contributed by atoms with E-state index >= 15 is 0 Å². The zero-order chi connectivity index (χ0) is 19.3. The summed E-state index contributed by atoms with van der Waals surface area (Å²) in [6.45, 7) is -0.632. The Morgan fingerprint density at radius 3 is 2.31 bits per heavy atom. The topological polar surface area (TPSA) is 149 Å². The van der Waals surface area contributed by atoms with Gasteiger partial charge in [-0.3, -0.25) is 0 Å². The molecule has 0 bridgehead atoms. The van der Waals surface area contributed by atoms with Crippen molar-refractivity contribution in [3.05, 3.63) is 45.8 Å². The van der Waals surface area contributed by atoms with Crippen LogP contribution >= 0.6 is 0 Å². The van der Waals surface area contributed by atoms with E-state index < -0.39 is 5.97 Å². The van der Waals surface area contributed by atoms with Crippen molar-refractivity contribution in [1.29, 1.82) is 0 Å². The van der Waals surface area contributed by atoms with Gasteiger partial charge in [0.2, 0.25) is 0 Å². The SMILES string of the molecule is COCCc1c(C(=O)O)[nH]c(CN)c1-c1ccc(CO)c(CO)c1CO. The van der Waals surface area contributed by atoms with Crippen LogP contribution < -0.4 is 5.73 Å². The third-order valence-electron chi connectivity index (χ3n) is 4.44. The van der Waals surface area contributed by atoms with E-state index in [0.29, 0.717) is 52.1 Å². The van der Waals surface area contributed by atoms with Crippen LogP contribution in [0.1, 0.15) is 38.4 Å². The molecular formula is C18H24N2O6. The molecule has 0 radical (unpaired) electrons. The third kappa shape index (κ3) is 3.64. The molecule has 142 valence electrons. The predicted molar refractivity (Wildman–Crippen MR) is 94.4 cm³/mol. The number of aliphatic hydroxyl groups excluding tert-OH is 3. The average Bonchev–Trinajstić information content (AvgIpc) is 3.03. The maximum atomic E-state index is 11.6. The summed E-state index contributed by atoms with van der Waals surface area (Å²) in [6.07, 6.45) is 0.338. The smallest absolute Gasteiger partial charge is 0.352 e. The summed E-state index contributed by atoms with van der Waals surface area (Å²) in [5.74, 6) is -1.11. The largest absolute Gasteiger partial charge is 0.477 e. The van der Waals surface area contributed by atoms with Crippen molar-refractivity contribution < 1.29 is 30.0 Å². The van der Waals surface area contributed by atoms with Crippen LogP contribution in [0.2, 0.25) is 0 Å². The molecule has 0 saturated carbocycles. The van der Waals surface area contributed by atoms with E-state index in [4.69, 9.17) is 10.5 Å². The maximum absolute atomic E-state index is 11.6. The Labute approximate surface area is 150 Å². The number of hydrogen-bond acceptors (Lipinski definition) is 6. The number of ether oxygens (including phenoxy) is 1. The molecule has 8 nitrogen and oxygen atoms in total. The molecule has 0 unspecified atom stereocenters. The number of methoxy groups -OCH3 is 1. The molecule has 0 fully saturated rings. The zero-order valence-electron chi connectivity index (χ0n) is 14.6. The molecule has 0 aliphatic carbocycles. The van der Waals surface area contributed by atoms with Gasteiger partial charge < -0.3 is 35.9 Å². The van der Waals surface area contributed by atoms with Crippen LogP contribution in [-0.2, 0) is 37.5 Å². The van der Waals surface area contributed by atoms with Crippen LogP contribution in [0.3, 0.4) is 0 Å². The fourth-order valence-electron chi connectivity index (χ4n) is 3.21. The number of H-pyrrole nitrogens is 1. The summed E-state index contributed by atoms with van der Waals surface area (Å²) in [4.78, 5) is 14.5. The van der Waals surface area contributed by atoms with Gasteiger partial charge >= 0.3 is 5.97 Å². The number of carboxylic acids is 1. The van der Waals surface area contributed by atoms with Gasteiger partial charge in [-0.15, -0.1) is 0 Å². The minimum absolute atomic E-state index is 0.0261. The van der Waals surface area contributed by atoms with E-state index in [-0.39, 0.29) is 32.1 Å². The minimum atomic E-state index is -1.11. The van der Waals surface area contributed by atoms with E-state index in [9.17, 15) is 25.2 Å². The van der Waals surface area contributed by atoms with Gasteiger partial charge in [-0.2, -0.15) is 0 Å². The number of benzene rings is 1. The van der Waals surface area contributed by atoms with Crippen LogP contribution in [0.15, 0.2) is 12.1 Å². The van der Waals surface area contributed by atoms with Crippen LogP contribution in [-0.4, -0.2) is 45.1 Å². The molecule has 1 aromatic heterocycles. The molecule has 0 saturated heterocycles. The number of hydrogen-bond donors (Lipinski definition) is 6. The molecule has 26 heavy (non-hydrogen) atoms. The van der Waals surface area contributed by atoms with Crippen LogP contribution in [0, 0.1) is 0 Å². The number of nitrogens with one attached hydrogen (secondary N) is 1. The van der Waals surface area contributed by atoms with Gasteiger partial charge in [-0.05, 0) is 34.2 Å². The highest BCUT2D eigenvalue weighted by molar-refractivity contribution is 5.92. The van der Waals surface area contributed by atoms with Crippen LogP contribution in [0.25, 0.3) is 11.1 Å². The second-order valence-electron chi connectivity index (χ2n) is 5.79. The predicted octanol–water partition coefficient (Wildman–Crippen LogP) is 0.504. The summed E-state index contributed by atoms with van der Waals surface area (Å²) < 4.78 is 5.09. The first kappa shape index (κ1) is 20.1. The van der Waals surface area contributed by atoms with Gasteiger partial charge in [0.25, 0.3) is 0 Å². The molecule has 2 rings (SSSR count). The molecule has 1 aromatic carbocycles. The Hall–Kier alpha value is -2.23. The molecule has 7 N–H and O–H groups in total. The summed E-state index contributed by atoms with van der Waals surface area (Å²) in [6, 6.07) is 3.34. The Kier molecular flexibility index (Phi) is 6.90. The zero-order valence-corrected chi connectivity index (χ0v) is 14.6. The average molecular weight is 364 g/mol. The monoisotopic (exact) mass is 364 g/mol. The molecule has 0 aliphatic heterocycles. The molecule has 8 heteroatoms. The van der Waals surface area contributed by atoms with E-state index in [2.05, 4.69) is 4.98 Å². The second kappa shape index (κ2) is 8.93. The number of nitrogens with two attached hydrogens (primary N) is 1. The van der Waals surface area contributed by atoms with E-state index in [1.54, 1.807) is 12.1 Å². The van der Waals surface area contributed by atoms with Crippen molar-refractivity contribution in [2.75, 3.05) is 13.7 Å². The quantitative estimate of drug-likeness (QED) is 0.379. The molecule has 1 heterocycles. The first-order chi connectivity index (χ1) is 12.5. The standard InChI is InChI=1S/C18H24N2O6/c1-26-5-4-12-16(15(6-19)20-17(12)18(24)25)11-3-2-10(7-21)13(8-22)14(11)9-23/h2-3,20-23H,4-9,19H2,1H3,(H,24,25). The molecule has 0 atom stereocenters. The van der Waals surface area contributed by atoms with Crippen molar-refractivity contribution in [3.63, 3.8) is 0 Å². The summed E-state index contributed by atoms with van der Waals surface area (Å²) in [7, 11) is 1.52. The molecule has 0 spiro atoms. The first-order valence-electron chi connectivity index (χ1n) is 8.16. The lowest BCUT2D eigenvalue weighted by Crippen LogP contribution is -2.07. The summed E-state index contributed by atoms with van der Waals surface area (Å²) in [5, 5.41) is 38.6. The number of aliphatic hydroxyl groups is 3. The van der Waals surface area contributed by atoms with Crippen molar-refractivity contribution in [2.24, 2.45) is 5.73 Å². The van der Waals surface area contributed by atoms with Crippen molar-refractivity contribution >= 4 is 5.97 Å². The highest BCUT2D eigenvalue weighted by Crippen LogP contribution is 2.36. The van der Waals surface area contributed by atoms with E-state index in [0.717, 1.165) is 0 Å². The number of aromatic carboxylic acids is 1. The van der Waals surface area contributed by atoms with Crippen molar-refractivity contribution in [3.8, 4) is 11.1 Å². The fourth-order valence-corrected chi connectivity index (χ4v) is 3.21. The fraction of sp³-hybridized carbons (Fsp3) is 0.389. The summed E-state index contributed by atoms with van der Waals surface area (Å²) in [5.41, 5.74) is 9.40. The molecule has 0 amide bonds. The van der Waals surface area contributed by atoms with Crippen molar-refractivity contribution in [1.82, 2.24) is 4.98 Å². The number of carboxylic acid groups (broad SMARTS) is 1. The lowest BCUT2D eigenvalue weighted by atomic mass is 9.89.